The number of para-hydroxylation sites is 2. The van der Waals surface area contributed by atoms with Crippen LogP contribution in [-0.2, 0) is 6.54 Å². The van der Waals surface area contributed by atoms with E-state index in [0.29, 0.717) is 5.02 Å². The molecule has 0 N–H and O–H groups in total. The molecule has 1 aliphatic rings. The molecule has 2 aromatic heterocycles. The van der Waals surface area contributed by atoms with E-state index in [2.05, 4.69) is 50.7 Å². The first-order valence-corrected chi connectivity index (χ1v) is 10.2. The first-order valence-electron chi connectivity index (χ1n) is 9.46. The highest BCUT2D eigenvalue weighted by Crippen LogP contribution is 2.27. The molecule has 1 aliphatic heterocycles. The maximum absolute atomic E-state index is 6.35. The van der Waals surface area contributed by atoms with E-state index < -0.39 is 0 Å². The molecule has 4 nitrogen and oxygen atoms in total. The van der Waals surface area contributed by atoms with Gasteiger partial charge in [-0.2, -0.15) is 0 Å². The lowest BCUT2D eigenvalue weighted by Crippen LogP contribution is -2.46. The fourth-order valence-electron chi connectivity index (χ4n) is 3.95. The largest absolute Gasteiger partial charge is 0.352 e. The maximum atomic E-state index is 6.35. The summed E-state index contributed by atoms with van der Waals surface area (Å²) in [7, 11) is 0. The van der Waals surface area contributed by atoms with Crippen LogP contribution in [0.3, 0.4) is 0 Å². The molecule has 0 saturated carbocycles. The fraction of sp³-hybridized carbons (Fsp3) is 0.227. The molecule has 3 heterocycles. The van der Waals surface area contributed by atoms with Gasteiger partial charge in [-0.25, -0.2) is 4.98 Å². The van der Waals surface area contributed by atoms with Crippen molar-refractivity contribution in [2.45, 2.75) is 6.54 Å². The summed E-state index contributed by atoms with van der Waals surface area (Å²) in [5.74, 6) is 1.06. The second-order valence-corrected chi connectivity index (χ2v) is 8.03. The number of fused-ring (bicyclic) bond motifs is 3. The van der Waals surface area contributed by atoms with Gasteiger partial charge in [-0.15, -0.1) is 0 Å². The number of nitrogens with zero attached hydrogens (tertiary/aromatic N) is 4. The third-order valence-corrected chi connectivity index (χ3v) is 6.01. The summed E-state index contributed by atoms with van der Waals surface area (Å²) in [5.41, 5.74) is 4.45. The molecular formula is C22H20Cl2N4. The molecule has 0 bridgehead atoms. The monoisotopic (exact) mass is 410 g/mol. The summed E-state index contributed by atoms with van der Waals surface area (Å²) < 4.78 is 2.23. The molecule has 4 aromatic rings. The van der Waals surface area contributed by atoms with Crippen LogP contribution in [0.25, 0.3) is 16.6 Å². The third-order valence-electron chi connectivity index (χ3n) is 5.43. The van der Waals surface area contributed by atoms with E-state index in [9.17, 15) is 0 Å². The van der Waals surface area contributed by atoms with Crippen LogP contribution in [0.4, 0.5) is 5.82 Å². The molecule has 0 aliphatic carbocycles. The van der Waals surface area contributed by atoms with E-state index in [-0.39, 0.29) is 0 Å². The standard InChI is InChI=1S/C22H20Cl2N4/c23-17-8-7-16(18(24)14-17)15-26-10-12-27(13-11-26)22-21-6-3-9-28(21)20-5-2-1-4-19(20)25-22/h1-9,14H,10-13,15H2. The van der Waals surface area contributed by atoms with Crippen LogP contribution in [0.2, 0.25) is 10.0 Å². The van der Waals surface area contributed by atoms with Gasteiger partial charge in [-0.05, 0) is 42.0 Å². The van der Waals surface area contributed by atoms with Crippen molar-refractivity contribution in [1.82, 2.24) is 14.3 Å². The van der Waals surface area contributed by atoms with Crippen LogP contribution in [0.5, 0.6) is 0 Å². The van der Waals surface area contributed by atoms with Crippen molar-refractivity contribution < 1.29 is 0 Å². The van der Waals surface area contributed by atoms with Gasteiger partial charge in [0.05, 0.1) is 16.6 Å². The van der Waals surface area contributed by atoms with Crippen LogP contribution in [-0.4, -0.2) is 40.5 Å². The maximum Gasteiger partial charge on any atom is 0.153 e. The quantitative estimate of drug-likeness (QED) is 0.468. The zero-order valence-corrected chi connectivity index (χ0v) is 16.9. The number of anilines is 1. The molecule has 1 saturated heterocycles. The molecule has 0 radical (unpaired) electrons. The average molecular weight is 411 g/mol. The molecular weight excluding hydrogens is 391 g/mol. The van der Waals surface area contributed by atoms with Gasteiger partial charge < -0.3 is 9.30 Å². The van der Waals surface area contributed by atoms with Gasteiger partial charge in [-0.1, -0.05) is 41.4 Å². The second kappa shape index (κ2) is 7.28. The lowest BCUT2D eigenvalue weighted by molar-refractivity contribution is 0.249. The molecule has 6 heteroatoms. The Hall–Kier alpha value is -2.27. The molecule has 1 fully saturated rings. The Morgan fingerprint density at radius 1 is 0.857 bits per heavy atom. The van der Waals surface area contributed by atoms with Crippen LogP contribution >= 0.6 is 23.2 Å². The van der Waals surface area contributed by atoms with Crippen molar-refractivity contribution in [3.63, 3.8) is 0 Å². The summed E-state index contributed by atoms with van der Waals surface area (Å²) in [6.07, 6.45) is 2.11. The van der Waals surface area contributed by atoms with Crippen molar-refractivity contribution >= 4 is 45.6 Å². The molecule has 0 spiro atoms. The van der Waals surface area contributed by atoms with Crippen LogP contribution in [0.1, 0.15) is 5.56 Å². The van der Waals surface area contributed by atoms with Crippen molar-refractivity contribution in [2.24, 2.45) is 0 Å². The van der Waals surface area contributed by atoms with Crippen molar-refractivity contribution in [2.75, 3.05) is 31.1 Å². The molecule has 5 rings (SSSR count). The Labute approximate surface area is 173 Å². The predicted molar refractivity (Wildman–Crippen MR) is 117 cm³/mol. The Morgan fingerprint density at radius 2 is 1.64 bits per heavy atom. The number of hydrogen-bond acceptors (Lipinski definition) is 3. The second-order valence-electron chi connectivity index (χ2n) is 7.19. The lowest BCUT2D eigenvalue weighted by Gasteiger charge is -2.36. The minimum atomic E-state index is 0.678. The number of hydrogen-bond donors (Lipinski definition) is 0. The van der Waals surface area contributed by atoms with E-state index in [0.717, 1.165) is 65.7 Å². The molecule has 0 amide bonds. The number of piperazine rings is 1. The Morgan fingerprint density at radius 3 is 2.46 bits per heavy atom. The van der Waals surface area contributed by atoms with E-state index in [1.54, 1.807) is 0 Å². The van der Waals surface area contributed by atoms with Gasteiger partial charge >= 0.3 is 0 Å². The highest BCUT2D eigenvalue weighted by Gasteiger charge is 2.21. The number of aromatic nitrogens is 2. The summed E-state index contributed by atoms with van der Waals surface area (Å²) in [5, 5.41) is 1.41. The van der Waals surface area contributed by atoms with Gasteiger partial charge in [0, 0.05) is 49.0 Å². The van der Waals surface area contributed by atoms with Crippen LogP contribution in [0.15, 0.2) is 60.8 Å². The minimum absolute atomic E-state index is 0.678. The lowest BCUT2D eigenvalue weighted by atomic mass is 10.2. The first-order chi connectivity index (χ1) is 13.7. The molecule has 28 heavy (non-hydrogen) atoms. The summed E-state index contributed by atoms with van der Waals surface area (Å²) in [6, 6.07) is 18.3. The topological polar surface area (TPSA) is 23.8 Å². The zero-order chi connectivity index (χ0) is 19.1. The number of benzene rings is 2. The Bertz CT molecular complexity index is 1150. The van der Waals surface area contributed by atoms with Gasteiger partial charge in [0.25, 0.3) is 0 Å². The predicted octanol–water partition coefficient (Wildman–Crippen LogP) is 5.12. The molecule has 0 atom stereocenters. The first kappa shape index (κ1) is 17.8. The van der Waals surface area contributed by atoms with E-state index in [1.165, 1.54) is 0 Å². The third kappa shape index (κ3) is 3.22. The number of halogens is 2. The summed E-state index contributed by atoms with van der Waals surface area (Å²) >= 11 is 12.4. The van der Waals surface area contributed by atoms with Gasteiger partial charge in [-0.3, -0.25) is 4.90 Å². The summed E-state index contributed by atoms with van der Waals surface area (Å²) in [6.45, 7) is 4.67. The zero-order valence-electron chi connectivity index (χ0n) is 15.4. The Balaban J connectivity index is 1.37. The SMILES string of the molecule is Clc1ccc(CN2CCN(c3nc4ccccc4n4cccc34)CC2)c(Cl)c1. The normalized spacial score (nSPS) is 15.6. The van der Waals surface area contributed by atoms with E-state index in [4.69, 9.17) is 28.2 Å². The van der Waals surface area contributed by atoms with Crippen LogP contribution in [0, 0.1) is 0 Å². The highest BCUT2D eigenvalue weighted by atomic mass is 35.5. The number of rotatable bonds is 3. The van der Waals surface area contributed by atoms with Crippen molar-refractivity contribution in [3.8, 4) is 0 Å². The van der Waals surface area contributed by atoms with Crippen LogP contribution < -0.4 is 4.90 Å². The average Bonchev–Trinajstić information content (AvgIpc) is 3.20. The minimum Gasteiger partial charge on any atom is -0.352 e. The fourth-order valence-corrected chi connectivity index (χ4v) is 4.42. The van der Waals surface area contributed by atoms with E-state index in [1.807, 2.05) is 24.3 Å². The molecule has 0 unspecified atom stereocenters. The molecule has 2 aromatic carbocycles. The van der Waals surface area contributed by atoms with Crippen molar-refractivity contribution in [1.29, 1.82) is 0 Å². The van der Waals surface area contributed by atoms with Gasteiger partial charge in [0.2, 0.25) is 0 Å². The van der Waals surface area contributed by atoms with Gasteiger partial charge in [0.15, 0.2) is 5.82 Å². The molecule has 142 valence electrons. The highest BCUT2D eigenvalue weighted by molar-refractivity contribution is 6.35. The van der Waals surface area contributed by atoms with Gasteiger partial charge in [0.1, 0.15) is 0 Å². The summed E-state index contributed by atoms with van der Waals surface area (Å²) in [4.78, 5) is 9.81. The smallest absolute Gasteiger partial charge is 0.153 e. The Kier molecular flexibility index (Phi) is 4.63. The van der Waals surface area contributed by atoms with E-state index >= 15 is 0 Å². The van der Waals surface area contributed by atoms with Crippen molar-refractivity contribution in [3.05, 3.63) is 76.4 Å².